The number of aromatic carboxylic acids is 1. The van der Waals surface area contributed by atoms with Gasteiger partial charge in [0.1, 0.15) is 23.7 Å². The molecular formula is C13H10FNO3. The topological polar surface area (TPSA) is 59.4 Å². The van der Waals surface area contributed by atoms with Crippen molar-refractivity contribution in [2.24, 2.45) is 0 Å². The van der Waals surface area contributed by atoms with Crippen LogP contribution in [0.15, 0.2) is 42.7 Å². The van der Waals surface area contributed by atoms with E-state index in [2.05, 4.69) is 4.98 Å². The van der Waals surface area contributed by atoms with E-state index in [1.165, 1.54) is 6.07 Å². The fraction of sp³-hybridized carbons (Fsp3) is 0.0769. The molecule has 18 heavy (non-hydrogen) atoms. The second-order valence-electron chi connectivity index (χ2n) is 3.59. The molecule has 1 heterocycles. The van der Waals surface area contributed by atoms with Crippen molar-refractivity contribution in [3.05, 3.63) is 59.7 Å². The summed E-state index contributed by atoms with van der Waals surface area (Å²) in [5, 5.41) is 8.94. The van der Waals surface area contributed by atoms with Crippen LogP contribution in [0.2, 0.25) is 0 Å². The molecule has 0 amide bonds. The summed E-state index contributed by atoms with van der Waals surface area (Å²) < 4.78 is 18.4. The SMILES string of the molecule is O=C(O)c1ccc(F)cc1OCc1ccncc1. The maximum Gasteiger partial charge on any atom is 0.339 e. The third-order valence-corrected chi connectivity index (χ3v) is 2.32. The van der Waals surface area contributed by atoms with Gasteiger partial charge in [-0.15, -0.1) is 0 Å². The van der Waals surface area contributed by atoms with Gasteiger partial charge in [-0.25, -0.2) is 9.18 Å². The number of ether oxygens (including phenoxy) is 1. The standard InChI is InChI=1S/C13H10FNO3/c14-10-1-2-11(13(16)17)12(7-10)18-8-9-3-5-15-6-4-9/h1-7H,8H2,(H,16,17). The summed E-state index contributed by atoms with van der Waals surface area (Å²) >= 11 is 0. The monoisotopic (exact) mass is 247 g/mol. The first-order chi connectivity index (χ1) is 8.66. The Bertz CT molecular complexity index is 557. The van der Waals surface area contributed by atoms with Crippen molar-refractivity contribution in [1.29, 1.82) is 0 Å². The van der Waals surface area contributed by atoms with Gasteiger partial charge in [-0.3, -0.25) is 4.98 Å². The van der Waals surface area contributed by atoms with Crippen molar-refractivity contribution in [1.82, 2.24) is 4.98 Å². The lowest BCUT2D eigenvalue weighted by atomic mass is 10.2. The molecule has 0 radical (unpaired) electrons. The van der Waals surface area contributed by atoms with Gasteiger partial charge in [-0.2, -0.15) is 0 Å². The number of halogens is 1. The molecule has 1 N–H and O–H groups in total. The fourth-order valence-corrected chi connectivity index (χ4v) is 1.43. The summed E-state index contributed by atoms with van der Waals surface area (Å²) in [6, 6.07) is 6.80. The highest BCUT2D eigenvalue weighted by atomic mass is 19.1. The quantitative estimate of drug-likeness (QED) is 0.901. The first-order valence-corrected chi connectivity index (χ1v) is 5.21. The molecule has 1 aromatic carbocycles. The molecule has 0 saturated carbocycles. The zero-order valence-electron chi connectivity index (χ0n) is 9.34. The Hall–Kier alpha value is -2.43. The van der Waals surface area contributed by atoms with Gasteiger partial charge in [0.25, 0.3) is 0 Å². The molecular weight excluding hydrogens is 237 g/mol. The molecule has 0 spiro atoms. The van der Waals surface area contributed by atoms with Crippen LogP contribution in [0.25, 0.3) is 0 Å². The Balaban J connectivity index is 2.18. The molecule has 2 rings (SSSR count). The number of hydrogen-bond acceptors (Lipinski definition) is 3. The highest BCUT2D eigenvalue weighted by Crippen LogP contribution is 2.21. The van der Waals surface area contributed by atoms with Gasteiger partial charge in [0.2, 0.25) is 0 Å². The van der Waals surface area contributed by atoms with Gasteiger partial charge in [0, 0.05) is 18.5 Å². The van der Waals surface area contributed by atoms with E-state index >= 15 is 0 Å². The van der Waals surface area contributed by atoms with E-state index in [-0.39, 0.29) is 17.9 Å². The van der Waals surface area contributed by atoms with Crippen molar-refractivity contribution in [2.75, 3.05) is 0 Å². The van der Waals surface area contributed by atoms with Gasteiger partial charge in [-0.05, 0) is 29.8 Å². The summed E-state index contributed by atoms with van der Waals surface area (Å²) in [6.45, 7) is 0.159. The third kappa shape index (κ3) is 2.82. The summed E-state index contributed by atoms with van der Waals surface area (Å²) in [7, 11) is 0. The van der Waals surface area contributed by atoms with E-state index < -0.39 is 11.8 Å². The largest absolute Gasteiger partial charge is 0.488 e. The van der Waals surface area contributed by atoms with E-state index in [0.717, 1.165) is 17.7 Å². The molecule has 0 saturated heterocycles. The van der Waals surface area contributed by atoms with Crippen LogP contribution in [-0.2, 0) is 6.61 Å². The van der Waals surface area contributed by atoms with Crippen LogP contribution in [0.4, 0.5) is 4.39 Å². The van der Waals surface area contributed by atoms with Gasteiger partial charge in [0.05, 0.1) is 0 Å². The lowest BCUT2D eigenvalue weighted by molar-refractivity contribution is 0.0691. The lowest BCUT2D eigenvalue weighted by Crippen LogP contribution is -2.04. The number of nitrogens with zero attached hydrogens (tertiary/aromatic N) is 1. The number of carboxylic acid groups (broad SMARTS) is 1. The van der Waals surface area contributed by atoms with Crippen LogP contribution < -0.4 is 4.74 Å². The van der Waals surface area contributed by atoms with Crippen LogP contribution >= 0.6 is 0 Å². The van der Waals surface area contributed by atoms with Crippen molar-refractivity contribution < 1.29 is 19.0 Å². The predicted molar refractivity (Wildman–Crippen MR) is 61.9 cm³/mol. The highest BCUT2D eigenvalue weighted by Gasteiger charge is 2.12. The maximum atomic E-state index is 13.1. The van der Waals surface area contributed by atoms with E-state index in [1.807, 2.05) is 0 Å². The van der Waals surface area contributed by atoms with Crippen LogP contribution in [0, 0.1) is 5.82 Å². The van der Waals surface area contributed by atoms with Gasteiger partial charge in [-0.1, -0.05) is 0 Å². The van der Waals surface area contributed by atoms with Crippen molar-refractivity contribution in [2.45, 2.75) is 6.61 Å². The van der Waals surface area contributed by atoms with Crippen LogP contribution in [0.1, 0.15) is 15.9 Å². The summed E-state index contributed by atoms with van der Waals surface area (Å²) in [4.78, 5) is 14.8. The number of carbonyl (C=O) groups is 1. The minimum absolute atomic E-state index is 0.0133. The van der Waals surface area contributed by atoms with Gasteiger partial charge in [0.15, 0.2) is 0 Å². The fourth-order valence-electron chi connectivity index (χ4n) is 1.43. The molecule has 0 aliphatic carbocycles. The molecule has 0 aliphatic heterocycles. The van der Waals surface area contributed by atoms with Crippen LogP contribution in [-0.4, -0.2) is 16.1 Å². The smallest absolute Gasteiger partial charge is 0.339 e. The Morgan fingerprint density at radius 3 is 2.67 bits per heavy atom. The van der Waals surface area contributed by atoms with E-state index in [0.29, 0.717) is 0 Å². The molecule has 0 bridgehead atoms. The molecule has 1 aromatic heterocycles. The number of pyridine rings is 1. The van der Waals surface area contributed by atoms with Crippen molar-refractivity contribution >= 4 is 5.97 Å². The average Bonchev–Trinajstić information content (AvgIpc) is 2.37. The summed E-state index contributed by atoms with van der Waals surface area (Å²) in [5.74, 6) is -1.68. The third-order valence-electron chi connectivity index (χ3n) is 2.32. The number of benzene rings is 1. The first kappa shape index (κ1) is 12.0. The highest BCUT2D eigenvalue weighted by molar-refractivity contribution is 5.90. The molecule has 0 unspecified atom stereocenters. The second-order valence-corrected chi connectivity index (χ2v) is 3.59. The number of carboxylic acids is 1. The van der Waals surface area contributed by atoms with Gasteiger partial charge < -0.3 is 9.84 Å². The molecule has 2 aromatic rings. The Kier molecular flexibility index (Phi) is 3.52. The summed E-state index contributed by atoms with van der Waals surface area (Å²) in [6.07, 6.45) is 3.20. The Morgan fingerprint density at radius 2 is 2.00 bits per heavy atom. The molecule has 0 atom stereocenters. The lowest BCUT2D eigenvalue weighted by Gasteiger charge is -2.09. The van der Waals surface area contributed by atoms with E-state index in [9.17, 15) is 9.18 Å². The number of hydrogen-bond donors (Lipinski definition) is 1. The Labute approximate surface area is 103 Å². The maximum absolute atomic E-state index is 13.1. The zero-order chi connectivity index (χ0) is 13.0. The van der Waals surface area contributed by atoms with E-state index in [4.69, 9.17) is 9.84 Å². The van der Waals surface area contributed by atoms with Crippen LogP contribution in [0.3, 0.4) is 0 Å². The number of rotatable bonds is 4. The first-order valence-electron chi connectivity index (χ1n) is 5.21. The predicted octanol–water partition coefficient (Wildman–Crippen LogP) is 2.50. The minimum Gasteiger partial charge on any atom is -0.488 e. The zero-order valence-corrected chi connectivity index (χ0v) is 9.34. The average molecular weight is 247 g/mol. The van der Waals surface area contributed by atoms with Gasteiger partial charge >= 0.3 is 5.97 Å². The number of aromatic nitrogens is 1. The normalized spacial score (nSPS) is 10.1. The molecule has 92 valence electrons. The molecule has 0 fully saturated rings. The van der Waals surface area contributed by atoms with E-state index in [1.54, 1.807) is 24.5 Å². The summed E-state index contributed by atoms with van der Waals surface area (Å²) in [5.41, 5.74) is 0.760. The minimum atomic E-state index is -1.15. The molecule has 4 nitrogen and oxygen atoms in total. The molecule has 0 aliphatic rings. The second kappa shape index (κ2) is 5.27. The van der Waals surface area contributed by atoms with Crippen LogP contribution in [0.5, 0.6) is 5.75 Å². The Morgan fingerprint density at radius 1 is 1.28 bits per heavy atom. The van der Waals surface area contributed by atoms with Crippen molar-refractivity contribution in [3.8, 4) is 5.75 Å². The van der Waals surface area contributed by atoms with Crippen molar-refractivity contribution in [3.63, 3.8) is 0 Å². The molecule has 5 heteroatoms.